The van der Waals surface area contributed by atoms with Crippen LogP contribution in [0.4, 0.5) is 0 Å². The molecule has 7 nitrogen and oxygen atoms in total. The molecule has 1 aliphatic rings. The van der Waals surface area contributed by atoms with E-state index in [0.29, 0.717) is 23.6 Å². The number of pyridine rings is 1. The zero-order valence-corrected chi connectivity index (χ0v) is 20.4. The maximum atomic E-state index is 5.58. The van der Waals surface area contributed by atoms with Crippen LogP contribution in [0.1, 0.15) is 68.4 Å². The van der Waals surface area contributed by atoms with Crippen molar-refractivity contribution in [3.05, 3.63) is 41.8 Å². The van der Waals surface area contributed by atoms with Crippen molar-refractivity contribution in [2.75, 3.05) is 13.7 Å². The van der Waals surface area contributed by atoms with Crippen molar-refractivity contribution in [1.82, 2.24) is 29.9 Å². The summed E-state index contributed by atoms with van der Waals surface area (Å²) < 4.78 is 7.35. The third-order valence-corrected chi connectivity index (χ3v) is 7.83. The number of H-pyrrole nitrogens is 1. The van der Waals surface area contributed by atoms with Crippen molar-refractivity contribution in [3.8, 4) is 17.0 Å². The van der Waals surface area contributed by atoms with Gasteiger partial charge in [0.1, 0.15) is 16.7 Å². The number of thiazole rings is 1. The van der Waals surface area contributed by atoms with E-state index in [0.717, 1.165) is 40.2 Å². The molecule has 8 heteroatoms. The molecular formula is C25H32N6OS. The Labute approximate surface area is 198 Å². The highest BCUT2D eigenvalue weighted by molar-refractivity contribution is 7.18. The van der Waals surface area contributed by atoms with Crippen molar-refractivity contribution in [1.29, 1.82) is 0 Å². The van der Waals surface area contributed by atoms with E-state index in [1.165, 1.54) is 36.3 Å². The molecule has 5 rings (SSSR count). The van der Waals surface area contributed by atoms with Crippen LogP contribution in [0.15, 0.2) is 31.2 Å². The van der Waals surface area contributed by atoms with Gasteiger partial charge in [0.15, 0.2) is 11.4 Å². The zero-order valence-electron chi connectivity index (χ0n) is 19.6. The first-order valence-electron chi connectivity index (χ1n) is 11.8. The molecule has 1 aliphatic carbocycles. The SMILES string of the molecule is C=CCCNC1CCC(c2nc3c(C(C)C)c(-c4cc(OC)c5ncnn5c4)[nH]c3s2)CC1. The number of ether oxygens (including phenoxy) is 1. The molecular weight excluding hydrogens is 432 g/mol. The van der Waals surface area contributed by atoms with Crippen LogP contribution in [0.5, 0.6) is 5.75 Å². The van der Waals surface area contributed by atoms with Crippen molar-refractivity contribution < 1.29 is 4.74 Å². The summed E-state index contributed by atoms with van der Waals surface area (Å²) in [4.78, 5) is 14.3. The normalized spacial score (nSPS) is 19.0. The van der Waals surface area contributed by atoms with Gasteiger partial charge in [0.25, 0.3) is 0 Å². The first-order chi connectivity index (χ1) is 16.1. The molecule has 0 atom stereocenters. The van der Waals surface area contributed by atoms with Gasteiger partial charge in [-0.1, -0.05) is 19.9 Å². The number of aromatic amines is 1. The number of aromatic nitrogens is 5. The first-order valence-corrected chi connectivity index (χ1v) is 12.6. The fourth-order valence-electron chi connectivity index (χ4n) is 4.98. The van der Waals surface area contributed by atoms with Gasteiger partial charge in [-0.3, -0.25) is 0 Å². The van der Waals surface area contributed by atoms with Crippen LogP contribution in [0.3, 0.4) is 0 Å². The highest BCUT2D eigenvalue weighted by Crippen LogP contribution is 2.42. The minimum atomic E-state index is 0.339. The van der Waals surface area contributed by atoms with E-state index >= 15 is 0 Å². The predicted molar refractivity (Wildman–Crippen MR) is 134 cm³/mol. The molecule has 174 valence electrons. The molecule has 0 spiro atoms. The van der Waals surface area contributed by atoms with Crippen molar-refractivity contribution in [2.45, 2.75) is 63.8 Å². The van der Waals surface area contributed by atoms with Gasteiger partial charge < -0.3 is 15.0 Å². The van der Waals surface area contributed by atoms with Gasteiger partial charge in [0, 0.05) is 29.3 Å². The maximum Gasteiger partial charge on any atom is 0.197 e. The molecule has 0 radical (unpaired) electrons. The van der Waals surface area contributed by atoms with Crippen LogP contribution in [0.2, 0.25) is 0 Å². The van der Waals surface area contributed by atoms with Gasteiger partial charge in [-0.2, -0.15) is 5.10 Å². The number of nitrogens with zero attached hydrogens (tertiary/aromatic N) is 4. The number of hydrogen-bond donors (Lipinski definition) is 2. The van der Waals surface area contributed by atoms with Crippen LogP contribution in [0.25, 0.3) is 27.3 Å². The molecule has 4 heterocycles. The molecule has 0 unspecified atom stereocenters. The monoisotopic (exact) mass is 464 g/mol. The molecule has 0 aliphatic heterocycles. The predicted octanol–water partition coefficient (Wildman–Crippen LogP) is 5.66. The van der Waals surface area contributed by atoms with Gasteiger partial charge in [-0.15, -0.1) is 17.9 Å². The van der Waals surface area contributed by atoms with E-state index in [2.05, 4.69) is 40.8 Å². The summed E-state index contributed by atoms with van der Waals surface area (Å²) in [6.07, 6.45) is 11.4. The van der Waals surface area contributed by atoms with Gasteiger partial charge in [0.2, 0.25) is 0 Å². The Hall–Kier alpha value is -2.71. The van der Waals surface area contributed by atoms with E-state index in [4.69, 9.17) is 9.72 Å². The Balaban J connectivity index is 1.43. The topological polar surface area (TPSA) is 80.1 Å². The number of hydrogen-bond acceptors (Lipinski definition) is 6. The Bertz CT molecular complexity index is 1260. The summed E-state index contributed by atoms with van der Waals surface area (Å²) in [7, 11) is 1.67. The lowest BCUT2D eigenvalue weighted by atomic mass is 9.86. The van der Waals surface area contributed by atoms with Crippen molar-refractivity contribution in [2.24, 2.45) is 0 Å². The summed E-state index contributed by atoms with van der Waals surface area (Å²) in [5.41, 5.74) is 5.22. The van der Waals surface area contributed by atoms with Crippen molar-refractivity contribution in [3.63, 3.8) is 0 Å². The molecule has 0 bridgehead atoms. The molecule has 0 saturated heterocycles. The van der Waals surface area contributed by atoms with Crippen molar-refractivity contribution >= 4 is 27.3 Å². The summed E-state index contributed by atoms with van der Waals surface area (Å²) in [6, 6.07) is 2.66. The van der Waals surface area contributed by atoms with Gasteiger partial charge in [-0.25, -0.2) is 14.5 Å². The average molecular weight is 465 g/mol. The Morgan fingerprint density at radius 3 is 2.88 bits per heavy atom. The summed E-state index contributed by atoms with van der Waals surface area (Å²) in [6.45, 7) is 9.31. The van der Waals surface area contributed by atoms with Gasteiger partial charge in [-0.05, 0) is 50.6 Å². The van der Waals surface area contributed by atoms with E-state index in [1.807, 2.05) is 29.7 Å². The van der Waals surface area contributed by atoms with Gasteiger partial charge in [0.05, 0.1) is 17.8 Å². The second-order valence-electron chi connectivity index (χ2n) is 9.20. The number of rotatable bonds is 8. The lowest BCUT2D eigenvalue weighted by Crippen LogP contribution is -2.33. The molecule has 4 aromatic heterocycles. The second kappa shape index (κ2) is 9.27. The van der Waals surface area contributed by atoms with E-state index in [9.17, 15) is 0 Å². The Morgan fingerprint density at radius 1 is 1.33 bits per heavy atom. The lowest BCUT2D eigenvalue weighted by Gasteiger charge is -2.28. The highest BCUT2D eigenvalue weighted by Gasteiger charge is 2.27. The number of methoxy groups -OCH3 is 1. The Kier molecular flexibility index (Phi) is 6.21. The third-order valence-electron chi connectivity index (χ3n) is 6.69. The van der Waals surface area contributed by atoms with E-state index in [-0.39, 0.29) is 0 Å². The summed E-state index contributed by atoms with van der Waals surface area (Å²) in [5, 5.41) is 9.27. The van der Waals surface area contributed by atoms with E-state index in [1.54, 1.807) is 18.0 Å². The summed E-state index contributed by atoms with van der Waals surface area (Å²) in [5.74, 6) is 1.61. The summed E-state index contributed by atoms with van der Waals surface area (Å²) >= 11 is 1.82. The lowest BCUT2D eigenvalue weighted by molar-refractivity contribution is 0.345. The fourth-order valence-corrected chi connectivity index (χ4v) is 6.14. The highest BCUT2D eigenvalue weighted by atomic mass is 32.1. The third kappa shape index (κ3) is 4.17. The first kappa shape index (κ1) is 22.1. The molecule has 0 amide bonds. The number of nitrogens with one attached hydrogen (secondary N) is 2. The van der Waals surface area contributed by atoms with Crippen LogP contribution < -0.4 is 10.1 Å². The van der Waals surface area contributed by atoms with Gasteiger partial charge >= 0.3 is 0 Å². The molecule has 1 fully saturated rings. The molecule has 1 saturated carbocycles. The fraction of sp³-hybridized carbons (Fsp3) is 0.480. The molecule has 0 aromatic carbocycles. The van der Waals surface area contributed by atoms with Crippen LogP contribution >= 0.6 is 11.3 Å². The molecule has 2 N–H and O–H groups in total. The largest absolute Gasteiger partial charge is 0.493 e. The van der Waals surface area contributed by atoms with Crippen LogP contribution in [0, 0.1) is 0 Å². The van der Waals surface area contributed by atoms with E-state index < -0.39 is 0 Å². The minimum absolute atomic E-state index is 0.339. The Morgan fingerprint density at radius 2 is 2.15 bits per heavy atom. The quantitative estimate of drug-likeness (QED) is 0.260. The second-order valence-corrected chi connectivity index (χ2v) is 10.2. The molecule has 4 aromatic rings. The zero-order chi connectivity index (χ0) is 22.9. The molecule has 33 heavy (non-hydrogen) atoms. The average Bonchev–Trinajstić information content (AvgIpc) is 3.53. The minimum Gasteiger partial charge on any atom is -0.493 e. The van der Waals surface area contributed by atoms with Crippen LogP contribution in [-0.2, 0) is 0 Å². The van der Waals surface area contributed by atoms with Crippen LogP contribution in [-0.4, -0.2) is 44.3 Å². The smallest absolute Gasteiger partial charge is 0.197 e. The standard InChI is InChI=1S/C25H32N6OS/c1-5-6-11-26-18-9-7-16(8-10-18)24-30-22-20(15(2)3)21(29-25(22)33-24)17-12-19(32-4)23-27-14-28-31(23)13-17/h5,12-16,18,26,29H,1,6-11H2,2-4H3. The number of fused-ring (bicyclic) bond motifs is 2. The maximum absolute atomic E-state index is 5.58.